The molecule has 7 nitrogen and oxygen atoms in total. The summed E-state index contributed by atoms with van der Waals surface area (Å²) in [7, 11) is 0. The van der Waals surface area contributed by atoms with Crippen LogP contribution in [0.1, 0.15) is 5.56 Å². The van der Waals surface area contributed by atoms with Gasteiger partial charge in [-0.3, -0.25) is 10.1 Å². The number of hydrogen-bond acceptors (Lipinski definition) is 6. The number of anilines is 1. The Morgan fingerprint density at radius 2 is 1.48 bits per heavy atom. The van der Waals surface area contributed by atoms with Crippen LogP contribution in [-0.4, -0.2) is 21.1 Å². The van der Waals surface area contributed by atoms with Gasteiger partial charge in [0.2, 0.25) is 5.95 Å². The smallest absolute Gasteiger partial charge is 0.258 e. The zero-order chi connectivity index (χ0) is 21.6. The highest BCUT2D eigenvalue weighted by Crippen LogP contribution is 2.26. The lowest BCUT2D eigenvalue weighted by Gasteiger charge is -2.08. The van der Waals surface area contributed by atoms with E-state index in [-0.39, 0.29) is 11.6 Å². The van der Waals surface area contributed by atoms with Crippen LogP contribution in [0, 0.1) is 10.1 Å². The molecule has 0 radical (unpaired) electrons. The van der Waals surface area contributed by atoms with E-state index < -0.39 is 4.92 Å². The molecule has 4 rings (SSSR count). The molecule has 8 heteroatoms. The fourth-order valence-electron chi connectivity index (χ4n) is 2.95. The van der Waals surface area contributed by atoms with E-state index in [1.165, 1.54) is 12.3 Å². The predicted octanol–water partition coefficient (Wildman–Crippen LogP) is 5.93. The van der Waals surface area contributed by atoms with E-state index in [1.807, 2.05) is 60.7 Å². The van der Waals surface area contributed by atoms with Gasteiger partial charge in [0.15, 0.2) is 0 Å². The average Bonchev–Trinajstić information content (AvgIpc) is 2.80. The van der Waals surface area contributed by atoms with Crippen molar-refractivity contribution in [3.63, 3.8) is 0 Å². The van der Waals surface area contributed by atoms with Gasteiger partial charge in [-0.05, 0) is 24.3 Å². The van der Waals surface area contributed by atoms with E-state index >= 15 is 0 Å². The summed E-state index contributed by atoms with van der Waals surface area (Å²) in [5.41, 5.74) is 6.49. The number of nitro groups is 1. The van der Waals surface area contributed by atoms with Gasteiger partial charge in [-0.25, -0.2) is 15.4 Å². The number of para-hydroxylation sites is 1. The van der Waals surface area contributed by atoms with Crippen LogP contribution in [0.5, 0.6) is 0 Å². The van der Waals surface area contributed by atoms with Crippen molar-refractivity contribution in [1.29, 1.82) is 0 Å². The molecule has 0 amide bonds. The van der Waals surface area contributed by atoms with Crippen molar-refractivity contribution in [3.8, 4) is 22.5 Å². The third-order valence-corrected chi connectivity index (χ3v) is 4.97. The monoisotopic (exact) mass is 473 g/mol. The number of hydrogen-bond donors (Lipinski definition) is 1. The lowest BCUT2D eigenvalue weighted by atomic mass is 10.1. The van der Waals surface area contributed by atoms with Crippen LogP contribution in [0.3, 0.4) is 0 Å². The van der Waals surface area contributed by atoms with Crippen molar-refractivity contribution in [1.82, 2.24) is 9.97 Å². The molecule has 0 aliphatic carbocycles. The zero-order valence-electron chi connectivity index (χ0n) is 16.1. The van der Waals surface area contributed by atoms with Crippen molar-refractivity contribution >= 4 is 33.8 Å². The van der Waals surface area contributed by atoms with E-state index in [1.54, 1.807) is 18.2 Å². The van der Waals surface area contributed by atoms with Gasteiger partial charge in [-0.1, -0.05) is 70.5 Å². The van der Waals surface area contributed by atoms with Crippen LogP contribution < -0.4 is 5.43 Å². The van der Waals surface area contributed by atoms with Gasteiger partial charge >= 0.3 is 0 Å². The Labute approximate surface area is 186 Å². The summed E-state index contributed by atoms with van der Waals surface area (Å²) < 4.78 is 0.973. The molecule has 4 aromatic rings. The molecule has 0 unspecified atom stereocenters. The highest BCUT2D eigenvalue weighted by Gasteiger charge is 2.11. The Morgan fingerprint density at radius 3 is 2.16 bits per heavy atom. The van der Waals surface area contributed by atoms with Crippen molar-refractivity contribution in [3.05, 3.63) is 105 Å². The predicted molar refractivity (Wildman–Crippen MR) is 125 cm³/mol. The number of nitro benzene ring substituents is 1. The summed E-state index contributed by atoms with van der Waals surface area (Å²) in [5, 5.41) is 15.3. The summed E-state index contributed by atoms with van der Waals surface area (Å²) >= 11 is 3.44. The molecule has 0 saturated heterocycles. The van der Waals surface area contributed by atoms with Gasteiger partial charge in [0.1, 0.15) is 0 Å². The Morgan fingerprint density at radius 1 is 0.871 bits per heavy atom. The zero-order valence-corrected chi connectivity index (χ0v) is 17.7. The summed E-state index contributed by atoms with van der Waals surface area (Å²) in [4.78, 5) is 19.9. The van der Waals surface area contributed by atoms with Gasteiger partial charge in [0, 0.05) is 21.7 Å². The molecule has 1 aromatic heterocycles. The minimum atomic E-state index is -0.445. The van der Waals surface area contributed by atoms with Crippen LogP contribution in [0.2, 0.25) is 0 Å². The van der Waals surface area contributed by atoms with E-state index in [9.17, 15) is 10.1 Å². The van der Waals surface area contributed by atoms with Crippen LogP contribution >= 0.6 is 15.9 Å². The fourth-order valence-corrected chi connectivity index (χ4v) is 3.21. The standard InChI is InChI=1S/C23H16BrN5O2/c24-19-12-10-17(11-13-19)21-14-20(16-6-2-1-3-7-16)26-23(27-21)28-25-15-18-8-4-5-9-22(18)29(30)31/h1-15H,(H,26,27,28)/b25-15+. The Balaban J connectivity index is 1.69. The molecular formula is C23H16BrN5O2. The average molecular weight is 474 g/mol. The maximum atomic E-state index is 11.2. The highest BCUT2D eigenvalue weighted by molar-refractivity contribution is 9.10. The second-order valence-corrected chi connectivity index (χ2v) is 7.44. The Kier molecular flexibility index (Phi) is 6.09. The molecule has 0 aliphatic heterocycles. The number of rotatable bonds is 6. The van der Waals surface area contributed by atoms with Crippen LogP contribution in [0.4, 0.5) is 11.6 Å². The molecule has 0 aliphatic rings. The maximum absolute atomic E-state index is 11.2. The van der Waals surface area contributed by atoms with Crippen molar-refractivity contribution in [2.45, 2.75) is 0 Å². The SMILES string of the molecule is O=[N+]([O-])c1ccccc1/C=N/Nc1nc(-c2ccccc2)cc(-c2ccc(Br)cc2)n1. The number of nitrogens with one attached hydrogen (secondary N) is 1. The first-order valence-electron chi connectivity index (χ1n) is 9.33. The summed E-state index contributed by atoms with van der Waals surface area (Å²) in [6.45, 7) is 0. The normalized spacial score (nSPS) is 10.9. The highest BCUT2D eigenvalue weighted by atomic mass is 79.9. The summed E-state index contributed by atoms with van der Waals surface area (Å²) in [6.07, 6.45) is 1.38. The fraction of sp³-hybridized carbons (Fsp3) is 0. The molecule has 0 atom stereocenters. The van der Waals surface area contributed by atoms with Gasteiger partial charge < -0.3 is 0 Å². The molecule has 31 heavy (non-hydrogen) atoms. The van der Waals surface area contributed by atoms with E-state index in [0.29, 0.717) is 5.56 Å². The number of nitrogens with zero attached hydrogens (tertiary/aromatic N) is 4. The van der Waals surface area contributed by atoms with Crippen LogP contribution in [0.15, 0.2) is 94.5 Å². The third-order valence-electron chi connectivity index (χ3n) is 4.44. The largest absolute Gasteiger partial charge is 0.278 e. The Hall–Kier alpha value is -3.91. The lowest BCUT2D eigenvalue weighted by Crippen LogP contribution is -2.01. The molecule has 1 heterocycles. The molecule has 0 bridgehead atoms. The molecule has 152 valence electrons. The van der Waals surface area contributed by atoms with Crippen molar-refractivity contribution in [2.75, 3.05) is 5.43 Å². The first-order valence-corrected chi connectivity index (χ1v) is 10.1. The first kappa shape index (κ1) is 20.4. The number of halogens is 1. The lowest BCUT2D eigenvalue weighted by molar-refractivity contribution is -0.385. The van der Waals surface area contributed by atoms with Gasteiger partial charge in [-0.15, -0.1) is 0 Å². The minimum absolute atomic E-state index is 0.0254. The first-order chi connectivity index (χ1) is 15.1. The summed E-state index contributed by atoms with van der Waals surface area (Å²) in [6, 6.07) is 25.9. The Bertz CT molecular complexity index is 1240. The summed E-state index contributed by atoms with van der Waals surface area (Å²) in [5.74, 6) is 0.286. The minimum Gasteiger partial charge on any atom is -0.258 e. The van der Waals surface area contributed by atoms with Crippen LogP contribution in [-0.2, 0) is 0 Å². The van der Waals surface area contributed by atoms with Gasteiger partial charge in [0.05, 0.1) is 28.1 Å². The van der Waals surface area contributed by atoms with Crippen molar-refractivity contribution < 1.29 is 4.92 Å². The molecular weight excluding hydrogens is 458 g/mol. The second kappa shape index (κ2) is 9.27. The molecule has 0 spiro atoms. The number of aromatic nitrogens is 2. The van der Waals surface area contributed by atoms with E-state index in [4.69, 9.17) is 0 Å². The van der Waals surface area contributed by atoms with Gasteiger partial charge in [-0.2, -0.15) is 5.10 Å². The molecule has 0 saturated carbocycles. The maximum Gasteiger partial charge on any atom is 0.278 e. The van der Waals surface area contributed by atoms with E-state index in [2.05, 4.69) is 36.4 Å². The van der Waals surface area contributed by atoms with Gasteiger partial charge in [0.25, 0.3) is 5.69 Å². The number of hydrazone groups is 1. The quantitative estimate of drug-likeness (QED) is 0.213. The molecule has 1 N–H and O–H groups in total. The molecule has 3 aromatic carbocycles. The van der Waals surface area contributed by atoms with Crippen LogP contribution in [0.25, 0.3) is 22.5 Å². The number of benzene rings is 3. The second-order valence-electron chi connectivity index (χ2n) is 6.52. The van der Waals surface area contributed by atoms with Crippen molar-refractivity contribution in [2.24, 2.45) is 5.10 Å². The van der Waals surface area contributed by atoms with E-state index in [0.717, 1.165) is 27.0 Å². The molecule has 0 fully saturated rings. The third kappa shape index (κ3) is 4.99. The topological polar surface area (TPSA) is 93.3 Å².